The number of piperidine rings is 1. The number of hydrogen-bond donors (Lipinski definition) is 4. The van der Waals surface area contributed by atoms with Gasteiger partial charge in [0.15, 0.2) is 5.82 Å². The van der Waals surface area contributed by atoms with E-state index in [2.05, 4.69) is 47.4 Å². The zero-order valence-electron chi connectivity index (χ0n) is 31.4. The van der Waals surface area contributed by atoms with Crippen LogP contribution in [0.25, 0.3) is 0 Å². The molecule has 2 aliphatic rings. The number of rotatable bonds is 14. The van der Waals surface area contributed by atoms with Crippen LogP contribution >= 0.6 is 0 Å². The largest absolute Gasteiger partial charge is 0.497 e. The molecular formula is C38H49N9O6S. The van der Waals surface area contributed by atoms with Gasteiger partial charge in [-0.15, -0.1) is 0 Å². The topological polar surface area (TPSA) is 163 Å². The number of piperazine rings is 1. The second-order valence-electron chi connectivity index (χ2n) is 13.2. The maximum absolute atomic E-state index is 13.6. The molecule has 2 fully saturated rings. The number of sulfonamides is 1. The summed E-state index contributed by atoms with van der Waals surface area (Å²) in [7, 11) is 2.96. The van der Waals surface area contributed by atoms with Gasteiger partial charge >= 0.3 is 0 Å². The molecule has 16 heteroatoms. The third kappa shape index (κ3) is 8.95. The lowest BCUT2D eigenvalue weighted by Gasteiger charge is -2.42. The van der Waals surface area contributed by atoms with Crippen LogP contribution in [0.1, 0.15) is 30.1 Å². The van der Waals surface area contributed by atoms with E-state index in [9.17, 15) is 13.2 Å². The summed E-state index contributed by atoms with van der Waals surface area (Å²) < 4.78 is 45.4. The smallest absolute Gasteiger partial charge is 0.259 e. The predicted molar refractivity (Wildman–Crippen MR) is 211 cm³/mol. The first-order valence-corrected chi connectivity index (χ1v) is 19.5. The van der Waals surface area contributed by atoms with Gasteiger partial charge in [-0.1, -0.05) is 19.1 Å². The number of methoxy groups -OCH3 is 3. The van der Waals surface area contributed by atoms with Crippen LogP contribution in [-0.4, -0.2) is 114 Å². The molecule has 0 spiro atoms. The predicted octanol–water partition coefficient (Wildman–Crippen LogP) is 4.76. The second kappa shape index (κ2) is 17.3. The minimum absolute atomic E-state index is 0.0135. The molecule has 2 saturated heterocycles. The van der Waals surface area contributed by atoms with Crippen molar-refractivity contribution in [3.8, 4) is 17.2 Å². The highest BCUT2D eigenvalue weighted by molar-refractivity contribution is 7.89. The Morgan fingerprint density at radius 1 is 0.852 bits per heavy atom. The Kier molecular flexibility index (Phi) is 12.4. The number of likely N-dealkylation sites (N-methyl/N-ethyl adjacent to an activating group) is 1. The normalized spacial score (nSPS) is 15.8. The van der Waals surface area contributed by atoms with Gasteiger partial charge in [-0.2, -0.15) is 4.98 Å². The summed E-state index contributed by atoms with van der Waals surface area (Å²) in [5.41, 5.74) is 2.37. The van der Waals surface area contributed by atoms with Crippen LogP contribution in [-0.2, 0) is 10.0 Å². The highest BCUT2D eigenvalue weighted by atomic mass is 32.2. The first-order valence-electron chi connectivity index (χ1n) is 18.0. The van der Waals surface area contributed by atoms with Gasteiger partial charge < -0.3 is 40.0 Å². The molecular weight excluding hydrogens is 711 g/mol. The van der Waals surface area contributed by atoms with Gasteiger partial charge in [0.2, 0.25) is 16.0 Å². The summed E-state index contributed by atoms with van der Waals surface area (Å²) in [6.45, 7) is 8.27. The summed E-state index contributed by atoms with van der Waals surface area (Å²) in [4.78, 5) is 30.2. The Morgan fingerprint density at radius 3 is 2.30 bits per heavy atom. The maximum Gasteiger partial charge on any atom is 0.259 e. The number of nitrogens with zero attached hydrogens (tertiary/aromatic N) is 5. The molecule has 4 aromatic rings. The van der Waals surface area contributed by atoms with Gasteiger partial charge in [-0.3, -0.25) is 9.69 Å². The number of ether oxygens (including phenoxy) is 3. The number of carbonyl (C=O) groups excluding carboxylic acids is 1. The Balaban J connectivity index is 1.26. The van der Waals surface area contributed by atoms with E-state index < -0.39 is 15.9 Å². The molecule has 0 bridgehead atoms. The zero-order valence-corrected chi connectivity index (χ0v) is 32.2. The van der Waals surface area contributed by atoms with Crippen LogP contribution in [0.5, 0.6) is 17.2 Å². The summed E-state index contributed by atoms with van der Waals surface area (Å²) >= 11 is 0. The average Bonchev–Trinajstić information content (AvgIpc) is 3.19. The minimum Gasteiger partial charge on any atom is -0.497 e. The van der Waals surface area contributed by atoms with Crippen molar-refractivity contribution in [2.45, 2.75) is 30.7 Å². The van der Waals surface area contributed by atoms with E-state index in [-0.39, 0.29) is 40.1 Å². The third-order valence-electron chi connectivity index (χ3n) is 9.75. The van der Waals surface area contributed by atoms with Crippen LogP contribution in [0.3, 0.4) is 0 Å². The van der Waals surface area contributed by atoms with Gasteiger partial charge in [0.05, 0.1) is 44.5 Å². The monoisotopic (exact) mass is 759 g/mol. The van der Waals surface area contributed by atoms with Gasteiger partial charge in [0, 0.05) is 63.6 Å². The molecule has 6 rings (SSSR count). The fraction of sp³-hybridized carbons (Fsp3) is 0.395. The summed E-state index contributed by atoms with van der Waals surface area (Å²) in [5.74, 6) is 1.35. The SMILES string of the molecule is CCNS(=O)(=O)c1ccccc1Nc1nc(Nc2ccc(N3CCC(N4CCN(C)CC4)CC3)c(OC)c2)ncc1NC(=O)c1cc(OC)ccc1OC. The Morgan fingerprint density at radius 2 is 1.59 bits per heavy atom. The molecule has 54 heavy (non-hydrogen) atoms. The molecule has 0 aliphatic carbocycles. The first-order chi connectivity index (χ1) is 26.1. The van der Waals surface area contributed by atoms with E-state index in [1.807, 2.05) is 18.2 Å². The molecule has 288 valence electrons. The first kappa shape index (κ1) is 38.6. The third-order valence-corrected chi connectivity index (χ3v) is 11.4. The van der Waals surface area contributed by atoms with Crippen molar-refractivity contribution in [2.75, 3.05) is 95.0 Å². The molecule has 3 heterocycles. The van der Waals surface area contributed by atoms with Crippen LogP contribution in [0.4, 0.5) is 34.5 Å². The van der Waals surface area contributed by atoms with E-state index in [4.69, 9.17) is 19.2 Å². The van der Waals surface area contributed by atoms with Crippen molar-refractivity contribution in [1.29, 1.82) is 0 Å². The van der Waals surface area contributed by atoms with Gasteiger partial charge in [0.25, 0.3) is 5.91 Å². The van der Waals surface area contributed by atoms with Crippen LogP contribution in [0.15, 0.2) is 71.8 Å². The number of para-hydroxylation sites is 1. The average molecular weight is 760 g/mol. The number of benzene rings is 3. The van der Waals surface area contributed by atoms with E-state index >= 15 is 0 Å². The molecule has 1 amide bonds. The molecule has 3 aromatic carbocycles. The van der Waals surface area contributed by atoms with E-state index in [1.54, 1.807) is 50.4 Å². The molecule has 0 radical (unpaired) electrons. The number of aromatic nitrogens is 2. The number of nitrogens with one attached hydrogen (secondary N) is 4. The van der Waals surface area contributed by atoms with E-state index in [0.29, 0.717) is 23.2 Å². The Bertz CT molecular complexity index is 2030. The highest BCUT2D eigenvalue weighted by Gasteiger charge is 2.28. The molecule has 0 unspecified atom stereocenters. The lowest BCUT2D eigenvalue weighted by atomic mass is 10.0. The molecule has 1 aromatic heterocycles. The standard InChI is InChI=1S/C38H49N9O6S/c1-6-40-54(49,50)35-10-8-7-9-30(35)42-36-31(43-37(48)29-24-28(51-3)12-14-33(29)52-4)25-39-38(44-36)41-26-11-13-32(34(23-26)53-5)47-17-15-27(16-18-47)46-21-19-45(2)20-22-46/h7-14,23-25,27,40H,6,15-22H2,1-5H3,(H,43,48)(H2,39,41,42,44). The van der Waals surface area contributed by atoms with Crippen LogP contribution < -0.4 is 39.8 Å². The molecule has 0 atom stereocenters. The lowest BCUT2D eigenvalue weighted by molar-refractivity contribution is 0.0981. The Hall–Kier alpha value is -5.16. The summed E-state index contributed by atoms with van der Waals surface area (Å²) in [6, 6.07) is 17.8. The van der Waals surface area contributed by atoms with Crippen molar-refractivity contribution >= 4 is 50.4 Å². The van der Waals surface area contributed by atoms with Gasteiger partial charge in [0.1, 0.15) is 27.8 Å². The van der Waals surface area contributed by atoms with E-state index in [1.165, 1.54) is 26.5 Å². The fourth-order valence-electron chi connectivity index (χ4n) is 6.81. The van der Waals surface area contributed by atoms with E-state index in [0.717, 1.165) is 63.5 Å². The van der Waals surface area contributed by atoms with Crippen molar-refractivity contribution in [2.24, 2.45) is 0 Å². The molecule has 4 N–H and O–H groups in total. The van der Waals surface area contributed by atoms with Gasteiger partial charge in [-0.05, 0) is 62.4 Å². The summed E-state index contributed by atoms with van der Waals surface area (Å²) in [5, 5.41) is 9.22. The summed E-state index contributed by atoms with van der Waals surface area (Å²) in [6.07, 6.45) is 3.64. The maximum atomic E-state index is 13.6. The molecule has 0 saturated carbocycles. The number of amides is 1. The second-order valence-corrected chi connectivity index (χ2v) is 14.9. The quantitative estimate of drug-likeness (QED) is 0.139. The minimum atomic E-state index is -3.86. The highest BCUT2D eigenvalue weighted by Crippen LogP contribution is 2.36. The fourth-order valence-corrected chi connectivity index (χ4v) is 8.02. The molecule has 2 aliphatic heterocycles. The van der Waals surface area contributed by atoms with Crippen molar-refractivity contribution in [3.05, 3.63) is 72.4 Å². The number of hydrogen-bond acceptors (Lipinski definition) is 13. The number of carbonyl (C=O) groups is 1. The van der Waals surface area contributed by atoms with Crippen LogP contribution in [0.2, 0.25) is 0 Å². The van der Waals surface area contributed by atoms with Gasteiger partial charge in [-0.25, -0.2) is 18.1 Å². The van der Waals surface area contributed by atoms with Crippen molar-refractivity contribution < 1.29 is 27.4 Å². The van der Waals surface area contributed by atoms with Crippen molar-refractivity contribution in [1.82, 2.24) is 24.5 Å². The zero-order chi connectivity index (χ0) is 38.2. The lowest BCUT2D eigenvalue weighted by Crippen LogP contribution is -2.52. The van der Waals surface area contributed by atoms with Crippen LogP contribution in [0, 0.1) is 0 Å². The molecule has 15 nitrogen and oxygen atoms in total. The Labute approximate surface area is 317 Å². The van der Waals surface area contributed by atoms with Crippen molar-refractivity contribution in [3.63, 3.8) is 0 Å². The number of anilines is 6.